The highest BCUT2D eigenvalue weighted by molar-refractivity contribution is 5.95. The van der Waals surface area contributed by atoms with Crippen molar-refractivity contribution in [1.29, 1.82) is 0 Å². The normalized spacial score (nSPS) is 39.0. The number of hydrogen-bond donors (Lipinski definition) is 4. The van der Waals surface area contributed by atoms with Crippen molar-refractivity contribution in [3.63, 3.8) is 0 Å². The Labute approximate surface area is 192 Å². The van der Waals surface area contributed by atoms with E-state index in [-0.39, 0.29) is 42.0 Å². The Hall–Kier alpha value is -2.29. The largest absolute Gasteiger partial charge is 0.508 e. The maximum atomic E-state index is 13.5. The molecule has 1 amide bonds. The van der Waals surface area contributed by atoms with Crippen molar-refractivity contribution in [2.75, 3.05) is 26.2 Å². The molecule has 2 saturated heterocycles. The molecule has 3 aliphatic heterocycles. The molecule has 1 saturated carbocycles. The van der Waals surface area contributed by atoms with Crippen molar-refractivity contribution in [2.45, 2.75) is 67.8 Å². The molecule has 176 valence electrons. The summed E-state index contributed by atoms with van der Waals surface area (Å²) in [6, 6.07) is 3.36. The molecule has 4 N–H and O–H groups in total. The lowest BCUT2D eigenvalue weighted by Gasteiger charge is -2.62. The molecular weight excluding hydrogens is 424 g/mol. The van der Waals surface area contributed by atoms with Crippen LogP contribution in [0, 0.1) is 5.92 Å². The summed E-state index contributed by atoms with van der Waals surface area (Å²) in [4.78, 5) is 17.4. The van der Waals surface area contributed by atoms with Crippen LogP contribution in [-0.4, -0.2) is 86.2 Å². The van der Waals surface area contributed by atoms with Crippen molar-refractivity contribution in [3.8, 4) is 11.5 Å². The number of likely N-dealkylation sites (tertiary alicyclic amines) is 2. The first-order valence-electron chi connectivity index (χ1n) is 12.2. The summed E-state index contributed by atoms with van der Waals surface area (Å²) >= 11 is 0. The number of hydrogen-bond acceptors (Lipinski definition) is 7. The minimum atomic E-state index is -1.30. The van der Waals surface area contributed by atoms with Gasteiger partial charge in [-0.15, -0.1) is 0 Å². The molecule has 1 aromatic rings. The lowest BCUT2D eigenvalue weighted by Crippen LogP contribution is -2.75. The number of carbonyl (C=O) groups excluding carboxylic acids is 1. The third-order valence-electron chi connectivity index (χ3n) is 9.23. The van der Waals surface area contributed by atoms with Crippen molar-refractivity contribution < 1.29 is 30.0 Å². The van der Waals surface area contributed by atoms with Gasteiger partial charge in [0.05, 0.1) is 22.7 Å². The van der Waals surface area contributed by atoms with Crippen LogP contribution >= 0.6 is 0 Å². The summed E-state index contributed by atoms with van der Waals surface area (Å²) in [5, 5.41) is 44.5. The summed E-state index contributed by atoms with van der Waals surface area (Å²) in [6.07, 6.45) is 2.73. The number of nitrogens with zero attached hydrogens (tertiary/aromatic N) is 2. The Morgan fingerprint density at radius 3 is 2.73 bits per heavy atom. The van der Waals surface area contributed by atoms with Gasteiger partial charge in [0.1, 0.15) is 5.76 Å². The maximum Gasteiger partial charge on any atom is 0.253 e. The quantitative estimate of drug-likeness (QED) is 0.538. The average molecular weight is 455 g/mol. The molecule has 0 aromatic heterocycles. The highest BCUT2D eigenvalue weighted by Crippen LogP contribution is 2.66. The smallest absolute Gasteiger partial charge is 0.253 e. The summed E-state index contributed by atoms with van der Waals surface area (Å²) < 4.78 is 6.22. The van der Waals surface area contributed by atoms with Gasteiger partial charge in [0.15, 0.2) is 17.6 Å². The number of rotatable bonds is 3. The Bertz CT molecular complexity index is 1100. The number of ether oxygens (including phenoxy) is 1. The molecule has 2 bridgehead atoms. The number of amides is 1. The second kappa shape index (κ2) is 6.43. The Morgan fingerprint density at radius 1 is 1.18 bits per heavy atom. The number of piperidine rings is 1. The molecule has 33 heavy (non-hydrogen) atoms. The fraction of sp³-hybridized carbons (Fsp3) is 0.640. The van der Waals surface area contributed by atoms with Crippen LogP contribution in [0.4, 0.5) is 0 Å². The summed E-state index contributed by atoms with van der Waals surface area (Å²) in [5.74, 6) is 0.524. The predicted molar refractivity (Wildman–Crippen MR) is 117 cm³/mol. The van der Waals surface area contributed by atoms with Crippen LogP contribution < -0.4 is 4.74 Å². The summed E-state index contributed by atoms with van der Waals surface area (Å²) in [7, 11) is 0. The first-order valence-corrected chi connectivity index (χ1v) is 12.2. The van der Waals surface area contributed by atoms with Crippen LogP contribution in [0.3, 0.4) is 0 Å². The molecule has 0 unspecified atom stereocenters. The van der Waals surface area contributed by atoms with Crippen molar-refractivity contribution >= 4 is 5.91 Å². The molecule has 5 atom stereocenters. The lowest BCUT2D eigenvalue weighted by atomic mass is 9.49. The second-order valence-electron chi connectivity index (χ2n) is 11.0. The van der Waals surface area contributed by atoms with E-state index in [1.165, 1.54) is 12.8 Å². The first-order chi connectivity index (χ1) is 15.8. The topological polar surface area (TPSA) is 114 Å². The predicted octanol–water partition coefficient (Wildman–Crippen LogP) is 0.971. The number of aliphatic hydroxyl groups excluding tert-OH is 2. The van der Waals surface area contributed by atoms with Crippen molar-refractivity contribution in [2.24, 2.45) is 5.92 Å². The molecule has 1 aromatic carbocycles. The van der Waals surface area contributed by atoms with Crippen LogP contribution in [-0.2, 0) is 16.6 Å². The molecule has 3 heterocycles. The minimum absolute atomic E-state index is 0.00192. The number of phenolic OH excluding ortho intramolecular Hbond substituents is 1. The number of carbonyl (C=O) groups is 1. The van der Waals surface area contributed by atoms with E-state index in [9.17, 15) is 25.2 Å². The lowest BCUT2D eigenvalue weighted by molar-refractivity contribution is -0.173. The van der Waals surface area contributed by atoms with Crippen LogP contribution in [0.5, 0.6) is 11.5 Å². The van der Waals surface area contributed by atoms with E-state index in [0.29, 0.717) is 37.5 Å². The third-order valence-corrected chi connectivity index (χ3v) is 9.23. The van der Waals surface area contributed by atoms with Crippen LogP contribution in [0.1, 0.15) is 43.2 Å². The van der Waals surface area contributed by atoms with Crippen LogP contribution in [0.15, 0.2) is 23.5 Å². The molecular formula is C25H30N2O6. The van der Waals surface area contributed by atoms with Gasteiger partial charge >= 0.3 is 0 Å². The standard InChI is InChI=1S/C25H30N2O6/c28-15-5-7-27(12-15)23(31)16-10-25(32)18-9-14-3-4-17(29)21-19(14)24(25,22(33-21)20(16)30)6-8-26(18)11-13-1-2-13/h3-4,13,15,18,22,28-30,32H,1-2,5-12H2/t15-,18-,22+,24+,25-/m1/s1. The zero-order valence-corrected chi connectivity index (χ0v) is 18.5. The van der Waals surface area contributed by atoms with Gasteiger partial charge in [-0.1, -0.05) is 6.07 Å². The van der Waals surface area contributed by atoms with Gasteiger partial charge in [0, 0.05) is 37.7 Å². The Morgan fingerprint density at radius 2 is 2.00 bits per heavy atom. The van der Waals surface area contributed by atoms with Crippen LogP contribution in [0.25, 0.3) is 0 Å². The van der Waals surface area contributed by atoms with E-state index in [0.717, 1.165) is 24.2 Å². The first kappa shape index (κ1) is 20.1. The molecule has 3 aliphatic carbocycles. The van der Waals surface area contributed by atoms with Gasteiger partial charge in [-0.05, 0) is 56.2 Å². The maximum absolute atomic E-state index is 13.5. The van der Waals surface area contributed by atoms with Crippen LogP contribution in [0.2, 0.25) is 0 Å². The highest BCUT2D eigenvalue weighted by Gasteiger charge is 2.73. The molecule has 8 nitrogen and oxygen atoms in total. The monoisotopic (exact) mass is 454 g/mol. The second-order valence-corrected chi connectivity index (χ2v) is 11.0. The molecule has 7 rings (SSSR count). The number of aromatic hydroxyl groups is 1. The number of β-amino-alcohol motifs (C(OH)–C–C–N with tert-alkyl or cyclic N) is 1. The van der Waals surface area contributed by atoms with Gasteiger partial charge in [-0.2, -0.15) is 0 Å². The van der Waals surface area contributed by atoms with E-state index in [2.05, 4.69) is 4.90 Å². The van der Waals surface area contributed by atoms with E-state index < -0.39 is 23.2 Å². The van der Waals surface area contributed by atoms with E-state index in [1.54, 1.807) is 11.0 Å². The average Bonchev–Trinajstić information content (AvgIpc) is 3.37. The Kier molecular flexibility index (Phi) is 3.92. The van der Waals surface area contributed by atoms with Gasteiger partial charge < -0.3 is 30.1 Å². The third kappa shape index (κ3) is 2.44. The van der Waals surface area contributed by atoms with Gasteiger partial charge in [0.2, 0.25) is 0 Å². The van der Waals surface area contributed by atoms with Gasteiger partial charge in [0.25, 0.3) is 5.91 Å². The van der Waals surface area contributed by atoms with E-state index >= 15 is 0 Å². The van der Waals surface area contributed by atoms with Crippen molar-refractivity contribution in [3.05, 3.63) is 34.6 Å². The van der Waals surface area contributed by atoms with Gasteiger partial charge in [-0.3, -0.25) is 9.69 Å². The summed E-state index contributed by atoms with van der Waals surface area (Å²) in [6.45, 7) is 2.38. The molecule has 8 heteroatoms. The summed E-state index contributed by atoms with van der Waals surface area (Å²) in [5.41, 5.74) is -0.150. The van der Waals surface area contributed by atoms with E-state index in [4.69, 9.17) is 4.74 Å². The molecule has 6 aliphatic rings. The molecule has 3 fully saturated rings. The molecule has 0 radical (unpaired) electrons. The fourth-order valence-electron chi connectivity index (χ4n) is 7.47. The SMILES string of the molecule is O=C(C1=C(O)[C@@H]2Oc3c(O)ccc4c3[C@@]23CCN(CC2CC2)[C@H](C4)[C@]3(O)C1)N1CC[C@@H](O)C1. The number of aliphatic hydroxyl groups is 3. The fourth-order valence-corrected chi connectivity index (χ4v) is 7.47. The zero-order valence-electron chi connectivity index (χ0n) is 18.5. The Balaban J connectivity index is 1.39. The van der Waals surface area contributed by atoms with E-state index in [1.807, 2.05) is 6.07 Å². The number of phenols is 1. The molecule has 1 spiro atoms. The minimum Gasteiger partial charge on any atom is -0.508 e. The highest BCUT2D eigenvalue weighted by atomic mass is 16.5. The zero-order chi connectivity index (χ0) is 22.7. The van der Waals surface area contributed by atoms with Crippen molar-refractivity contribution in [1.82, 2.24) is 9.80 Å². The van der Waals surface area contributed by atoms with Gasteiger partial charge in [-0.25, -0.2) is 0 Å². The number of benzene rings is 1.